The third-order valence-electron chi connectivity index (χ3n) is 5.46. The maximum atomic E-state index is 13.2. The number of fused-ring (bicyclic) bond motifs is 1. The van der Waals surface area contributed by atoms with Crippen molar-refractivity contribution in [3.8, 4) is 5.75 Å². The smallest absolute Gasteiger partial charge is 0.285 e. The zero-order chi connectivity index (χ0) is 22.0. The molecule has 0 bridgehead atoms. The van der Waals surface area contributed by atoms with Crippen LogP contribution in [0.1, 0.15) is 44.3 Å². The van der Waals surface area contributed by atoms with Crippen molar-refractivity contribution in [1.82, 2.24) is 10.3 Å². The number of ether oxygens (including phenoxy) is 2. The monoisotopic (exact) mass is 445 g/mol. The molecule has 164 valence electrons. The Labute approximate surface area is 182 Å². The number of amides is 2. The van der Waals surface area contributed by atoms with Crippen molar-refractivity contribution in [1.29, 1.82) is 0 Å². The van der Waals surface area contributed by atoms with Crippen LogP contribution in [-0.4, -0.2) is 47.3 Å². The second-order valence-corrected chi connectivity index (χ2v) is 8.42. The van der Waals surface area contributed by atoms with Crippen LogP contribution in [-0.2, 0) is 11.3 Å². The minimum absolute atomic E-state index is 0.0289. The lowest BCUT2D eigenvalue weighted by Gasteiger charge is -2.36. The van der Waals surface area contributed by atoms with E-state index in [-0.39, 0.29) is 17.9 Å². The highest BCUT2D eigenvalue weighted by molar-refractivity contribution is 7.09. The Bertz CT molecular complexity index is 1120. The van der Waals surface area contributed by atoms with Crippen molar-refractivity contribution in [2.45, 2.75) is 31.9 Å². The highest BCUT2D eigenvalue weighted by Crippen LogP contribution is 2.31. The number of nitrogens with two attached hydrogens (primary N) is 1. The Hall–Kier alpha value is -2.95. The Morgan fingerprint density at radius 3 is 2.77 bits per heavy atom. The molecular weight excluding hydrogens is 422 g/mol. The van der Waals surface area contributed by atoms with Crippen LogP contribution in [0.4, 0.5) is 0 Å². The Morgan fingerprint density at radius 2 is 2.13 bits per heavy atom. The van der Waals surface area contributed by atoms with E-state index < -0.39 is 17.4 Å². The molecule has 0 atom stereocenters. The number of thiazole rings is 1. The minimum Gasteiger partial charge on any atom is -0.488 e. The zero-order valence-electron chi connectivity index (χ0n) is 17.0. The molecule has 10 heteroatoms. The second-order valence-electron chi connectivity index (χ2n) is 7.48. The summed E-state index contributed by atoms with van der Waals surface area (Å²) in [6.07, 6.45) is 0.916. The van der Waals surface area contributed by atoms with E-state index in [2.05, 4.69) is 10.3 Å². The number of furan rings is 1. The summed E-state index contributed by atoms with van der Waals surface area (Å²) in [4.78, 5) is 30.4. The average molecular weight is 445 g/mol. The molecule has 3 heterocycles. The van der Waals surface area contributed by atoms with Gasteiger partial charge in [-0.05, 0) is 38.0 Å². The van der Waals surface area contributed by atoms with Crippen molar-refractivity contribution >= 4 is 34.1 Å². The first-order valence-corrected chi connectivity index (χ1v) is 10.7. The van der Waals surface area contributed by atoms with Gasteiger partial charge in [0, 0.05) is 18.6 Å². The summed E-state index contributed by atoms with van der Waals surface area (Å²) >= 11 is 1.50. The highest BCUT2D eigenvalue weighted by Gasteiger charge is 2.36. The SMILES string of the molecule is Cc1ncsc1COc1ccc2oc(C(N)=O)c(C(=O)NC3(CO)CCOCC3)c2c1. The van der Waals surface area contributed by atoms with Gasteiger partial charge in [-0.1, -0.05) is 0 Å². The van der Waals surface area contributed by atoms with Crippen molar-refractivity contribution in [3.05, 3.63) is 45.6 Å². The third-order valence-corrected chi connectivity index (χ3v) is 6.36. The predicted octanol–water partition coefficient (Wildman–Crippen LogP) is 2.15. The maximum Gasteiger partial charge on any atom is 0.285 e. The van der Waals surface area contributed by atoms with Gasteiger partial charge in [0.15, 0.2) is 0 Å². The number of aliphatic hydroxyl groups excluding tert-OH is 1. The molecule has 2 amide bonds. The molecule has 0 unspecified atom stereocenters. The van der Waals surface area contributed by atoms with Crippen LogP contribution in [0.3, 0.4) is 0 Å². The number of primary amides is 1. The molecule has 3 aromatic rings. The number of aryl methyl sites for hydroxylation is 1. The Balaban J connectivity index is 1.66. The van der Waals surface area contributed by atoms with Gasteiger partial charge in [0.2, 0.25) is 5.76 Å². The van der Waals surface area contributed by atoms with Crippen LogP contribution in [0.2, 0.25) is 0 Å². The normalized spacial score (nSPS) is 15.7. The molecule has 4 rings (SSSR count). The lowest BCUT2D eigenvalue weighted by molar-refractivity contribution is 0.0125. The molecule has 1 fully saturated rings. The number of carbonyl (C=O) groups is 2. The molecule has 4 N–H and O–H groups in total. The summed E-state index contributed by atoms with van der Waals surface area (Å²) in [6, 6.07) is 4.97. The van der Waals surface area contributed by atoms with E-state index in [1.165, 1.54) is 11.3 Å². The van der Waals surface area contributed by atoms with E-state index >= 15 is 0 Å². The molecule has 0 radical (unpaired) electrons. The number of benzene rings is 1. The van der Waals surface area contributed by atoms with E-state index in [1.54, 1.807) is 23.7 Å². The van der Waals surface area contributed by atoms with E-state index in [0.717, 1.165) is 10.6 Å². The van der Waals surface area contributed by atoms with Gasteiger partial charge in [-0.2, -0.15) is 0 Å². The van der Waals surface area contributed by atoms with Crippen LogP contribution < -0.4 is 15.8 Å². The molecule has 31 heavy (non-hydrogen) atoms. The first-order valence-electron chi connectivity index (χ1n) is 9.82. The number of rotatable bonds is 7. The van der Waals surface area contributed by atoms with Crippen molar-refractivity contribution in [3.63, 3.8) is 0 Å². The first kappa shape index (κ1) is 21.3. The number of aromatic nitrogens is 1. The molecule has 9 nitrogen and oxygen atoms in total. The van der Waals surface area contributed by atoms with Crippen molar-refractivity contribution in [2.24, 2.45) is 5.73 Å². The van der Waals surface area contributed by atoms with Crippen molar-refractivity contribution in [2.75, 3.05) is 19.8 Å². The summed E-state index contributed by atoms with van der Waals surface area (Å²) < 4.78 is 16.8. The molecule has 0 saturated carbocycles. The molecule has 1 saturated heterocycles. The van der Waals surface area contributed by atoms with Crippen LogP contribution in [0, 0.1) is 6.92 Å². The van der Waals surface area contributed by atoms with E-state index in [1.807, 2.05) is 6.92 Å². The largest absolute Gasteiger partial charge is 0.488 e. The van der Waals surface area contributed by atoms with Gasteiger partial charge in [-0.3, -0.25) is 9.59 Å². The number of carbonyl (C=O) groups excluding carboxylic acids is 2. The number of nitrogens with one attached hydrogen (secondary N) is 1. The molecule has 1 aliphatic heterocycles. The summed E-state index contributed by atoms with van der Waals surface area (Å²) in [7, 11) is 0. The molecule has 1 aliphatic rings. The van der Waals surface area contributed by atoms with Crippen molar-refractivity contribution < 1.29 is 28.6 Å². The maximum absolute atomic E-state index is 13.2. The summed E-state index contributed by atoms with van der Waals surface area (Å²) in [6.45, 7) is 2.84. The Kier molecular flexibility index (Phi) is 5.94. The van der Waals surface area contributed by atoms with Crippen LogP contribution in [0.15, 0.2) is 28.1 Å². The van der Waals surface area contributed by atoms with Crippen LogP contribution in [0.25, 0.3) is 11.0 Å². The van der Waals surface area contributed by atoms with E-state index in [4.69, 9.17) is 19.6 Å². The van der Waals surface area contributed by atoms with E-state index in [9.17, 15) is 14.7 Å². The summed E-state index contributed by atoms with van der Waals surface area (Å²) in [5.41, 5.74) is 7.66. The standard InChI is InChI=1S/C21H23N3O6S/c1-12-16(31-11-23-12)9-29-13-2-3-15-14(8-13)17(18(30-15)19(22)26)20(27)24-21(10-25)4-6-28-7-5-21/h2-3,8,11,25H,4-7,9-10H2,1H3,(H2,22,26)(H,24,27). The van der Waals surface area contributed by atoms with Gasteiger partial charge in [0.1, 0.15) is 17.9 Å². The second kappa shape index (κ2) is 8.66. The molecule has 0 aliphatic carbocycles. The van der Waals surface area contributed by atoms with Gasteiger partial charge in [-0.25, -0.2) is 4.98 Å². The third kappa shape index (κ3) is 4.27. The van der Waals surface area contributed by atoms with Gasteiger partial charge in [0.05, 0.1) is 33.8 Å². The lowest BCUT2D eigenvalue weighted by atomic mass is 9.90. The lowest BCUT2D eigenvalue weighted by Crippen LogP contribution is -2.54. The number of aliphatic hydroxyl groups is 1. The molecule has 1 aromatic carbocycles. The van der Waals surface area contributed by atoms with Crippen LogP contribution >= 0.6 is 11.3 Å². The van der Waals surface area contributed by atoms with Crippen LogP contribution in [0.5, 0.6) is 5.75 Å². The molecular formula is C21H23N3O6S. The van der Waals surface area contributed by atoms with Gasteiger partial charge in [-0.15, -0.1) is 11.3 Å². The van der Waals surface area contributed by atoms with Gasteiger partial charge >= 0.3 is 0 Å². The fourth-order valence-corrected chi connectivity index (χ4v) is 4.26. The minimum atomic E-state index is -0.853. The molecule has 0 spiro atoms. The zero-order valence-corrected chi connectivity index (χ0v) is 17.8. The topological polar surface area (TPSA) is 137 Å². The fourth-order valence-electron chi connectivity index (χ4n) is 3.57. The quantitative estimate of drug-likeness (QED) is 0.507. The molecule has 2 aromatic heterocycles. The first-order chi connectivity index (χ1) is 14.9. The average Bonchev–Trinajstić information content (AvgIpc) is 3.35. The van der Waals surface area contributed by atoms with E-state index in [0.29, 0.717) is 49.4 Å². The predicted molar refractivity (Wildman–Crippen MR) is 113 cm³/mol. The Morgan fingerprint density at radius 1 is 1.35 bits per heavy atom. The number of nitrogens with zero attached hydrogens (tertiary/aromatic N) is 1. The van der Waals surface area contributed by atoms with Gasteiger partial charge in [0.25, 0.3) is 11.8 Å². The number of hydrogen-bond donors (Lipinski definition) is 3. The number of hydrogen-bond acceptors (Lipinski definition) is 8. The fraction of sp³-hybridized carbons (Fsp3) is 0.381. The highest BCUT2D eigenvalue weighted by atomic mass is 32.1. The summed E-state index contributed by atoms with van der Waals surface area (Å²) in [5.74, 6) is -1.12. The summed E-state index contributed by atoms with van der Waals surface area (Å²) in [5, 5.41) is 13.2. The van der Waals surface area contributed by atoms with Gasteiger partial charge < -0.3 is 30.0 Å².